The zero-order valence-electron chi connectivity index (χ0n) is 14.2. The summed E-state index contributed by atoms with van der Waals surface area (Å²) in [6, 6.07) is 11.8. The molecule has 0 unspecified atom stereocenters. The molecule has 140 valence electrons. The molecule has 0 saturated heterocycles. The number of nitrogens with one attached hydrogen (secondary N) is 1. The molecule has 0 aliphatic rings. The van der Waals surface area contributed by atoms with Gasteiger partial charge in [-0.2, -0.15) is 4.31 Å². The largest absolute Gasteiger partial charge is 0.423 e. The van der Waals surface area contributed by atoms with E-state index in [0.717, 1.165) is 28.6 Å². The lowest BCUT2D eigenvalue weighted by Gasteiger charge is -2.17. The van der Waals surface area contributed by atoms with Gasteiger partial charge in [-0.1, -0.05) is 0 Å². The fourth-order valence-electron chi connectivity index (χ4n) is 2.42. The summed E-state index contributed by atoms with van der Waals surface area (Å²) in [7, 11) is -2.67. The quantitative estimate of drug-likeness (QED) is 0.674. The Morgan fingerprint density at radius 2 is 1.81 bits per heavy atom. The summed E-state index contributed by atoms with van der Waals surface area (Å²) in [5.41, 5.74) is 0.317. The van der Waals surface area contributed by atoms with E-state index in [1.165, 1.54) is 25.2 Å². The third-order valence-electron chi connectivity index (χ3n) is 3.79. The minimum Gasteiger partial charge on any atom is -0.423 e. The maximum absolute atomic E-state index is 13.0. The summed E-state index contributed by atoms with van der Waals surface area (Å²) in [5.74, 6) is -1.11. The molecule has 1 heterocycles. The van der Waals surface area contributed by atoms with Crippen LogP contribution in [-0.2, 0) is 14.8 Å². The lowest BCUT2D eigenvalue weighted by atomic mass is 10.2. The smallest absolute Gasteiger partial charge is 0.336 e. The lowest BCUT2D eigenvalue weighted by Crippen LogP contribution is -2.34. The highest BCUT2D eigenvalue weighted by Gasteiger charge is 2.23. The van der Waals surface area contributed by atoms with Crippen LogP contribution in [-0.4, -0.2) is 32.2 Å². The van der Waals surface area contributed by atoms with Crippen molar-refractivity contribution in [1.82, 2.24) is 4.31 Å². The second-order valence-electron chi connectivity index (χ2n) is 5.77. The first kappa shape index (κ1) is 18.7. The minimum atomic E-state index is -3.93. The Morgan fingerprint density at radius 1 is 1.11 bits per heavy atom. The molecule has 0 spiro atoms. The molecular weight excluding hydrogens is 375 g/mol. The van der Waals surface area contributed by atoms with Crippen molar-refractivity contribution in [1.29, 1.82) is 0 Å². The monoisotopic (exact) mass is 390 g/mol. The number of anilines is 1. The average Bonchev–Trinajstić information content (AvgIpc) is 2.62. The van der Waals surface area contributed by atoms with E-state index in [2.05, 4.69) is 5.32 Å². The molecule has 0 radical (unpaired) electrons. The van der Waals surface area contributed by atoms with Gasteiger partial charge >= 0.3 is 5.63 Å². The Kier molecular flexibility index (Phi) is 5.06. The number of amides is 1. The fourth-order valence-corrected chi connectivity index (χ4v) is 3.55. The maximum atomic E-state index is 13.0. The van der Waals surface area contributed by atoms with Crippen molar-refractivity contribution in [2.24, 2.45) is 0 Å². The first-order valence-electron chi connectivity index (χ1n) is 7.81. The lowest BCUT2D eigenvalue weighted by molar-refractivity contribution is -0.116. The molecule has 0 fully saturated rings. The summed E-state index contributed by atoms with van der Waals surface area (Å²) in [6.45, 7) is -0.429. The van der Waals surface area contributed by atoms with E-state index in [9.17, 15) is 22.4 Å². The van der Waals surface area contributed by atoms with Crippen molar-refractivity contribution in [3.63, 3.8) is 0 Å². The standard InChI is InChI=1S/C18H15FN2O5S/c1-21(27(24,25)15-6-3-13(19)4-7-15)11-17(22)20-14-5-8-16-12(10-14)2-9-18(23)26-16/h2-10H,11H2,1H3,(H,20,22). The van der Waals surface area contributed by atoms with E-state index in [1.807, 2.05) is 0 Å². The maximum Gasteiger partial charge on any atom is 0.336 e. The summed E-state index contributed by atoms with van der Waals surface area (Å²) < 4.78 is 43.7. The van der Waals surface area contributed by atoms with E-state index in [-0.39, 0.29) is 4.90 Å². The van der Waals surface area contributed by atoms with Gasteiger partial charge in [0, 0.05) is 24.2 Å². The second kappa shape index (κ2) is 7.29. The fraction of sp³-hybridized carbons (Fsp3) is 0.111. The highest BCUT2D eigenvalue weighted by molar-refractivity contribution is 7.89. The Labute approximate surface area is 154 Å². The van der Waals surface area contributed by atoms with Crippen molar-refractivity contribution in [3.05, 3.63) is 70.8 Å². The van der Waals surface area contributed by atoms with E-state index in [0.29, 0.717) is 16.7 Å². The highest BCUT2D eigenvalue weighted by atomic mass is 32.2. The first-order valence-corrected chi connectivity index (χ1v) is 9.25. The number of carbonyl (C=O) groups is 1. The summed E-state index contributed by atoms with van der Waals surface area (Å²) in [6.07, 6.45) is 0. The predicted octanol–water partition coefficient (Wildman–Crippen LogP) is 2.19. The molecule has 2 aromatic carbocycles. The third-order valence-corrected chi connectivity index (χ3v) is 5.61. The van der Waals surface area contributed by atoms with Crippen LogP contribution in [0.5, 0.6) is 0 Å². The molecule has 1 aromatic heterocycles. The molecule has 3 rings (SSSR count). The molecule has 9 heteroatoms. The van der Waals surface area contributed by atoms with Gasteiger partial charge in [0.2, 0.25) is 15.9 Å². The second-order valence-corrected chi connectivity index (χ2v) is 7.82. The number of sulfonamides is 1. The number of carbonyl (C=O) groups excluding carboxylic acids is 1. The van der Waals surface area contributed by atoms with Crippen molar-refractivity contribution in [2.45, 2.75) is 4.90 Å². The van der Waals surface area contributed by atoms with E-state index < -0.39 is 33.9 Å². The molecule has 0 aliphatic carbocycles. The Morgan fingerprint density at radius 3 is 2.52 bits per heavy atom. The van der Waals surface area contributed by atoms with Gasteiger partial charge in [0.1, 0.15) is 11.4 Å². The van der Waals surface area contributed by atoms with Crippen molar-refractivity contribution < 1.29 is 22.0 Å². The summed E-state index contributed by atoms with van der Waals surface area (Å²) >= 11 is 0. The van der Waals surface area contributed by atoms with Crippen LogP contribution >= 0.6 is 0 Å². The topological polar surface area (TPSA) is 96.7 Å². The molecule has 27 heavy (non-hydrogen) atoms. The molecule has 0 aliphatic heterocycles. The Balaban J connectivity index is 1.72. The van der Waals surface area contributed by atoms with Crippen LogP contribution in [0.4, 0.5) is 10.1 Å². The van der Waals surface area contributed by atoms with Gasteiger partial charge in [-0.15, -0.1) is 0 Å². The van der Waals surface area contributed by atoms with Crippen molar-refractivity contribution >= 4 is 32.6 Å². The van der Waals surface area contributed by atoms with Crippen molar-refractivity contribution in [2.75, 3.05) is 18.9 Å². The SMILES string of the molecule is CN(CC(=O)Nc1ccc2oc(=O)ccc2c1)S(=O)(=O)c1ccc(F)cc1. The van der Waals surface area contributed by atoms with Crippen LogP contribution < -0.4 is 10.9 Å². The molecule has 0 saturated carbocycles. The number of halogens is 1. The average molecular weight is 390 g/mol. The highest BCUT2D eigenvalue weighted by Crippen LogP contribution is 2.18. The number of benzene rings is 2. The van der Waals surface area contributed by atoms with Gasteiger partial charge in [0.25, 0.3) is 0 Å². The predicted molar refractivity (Wildman–Crippen MR) is 97.3 cm³/mol. The molecule has 7 nitrogen and oxygen atoms in total. The van der Waals surface area contributed by atoms with Crippen LogP contribution in [0.25, 0.3) is 11.0 Å². The number of hydrogen-bond donors (Lipinski definition) is 1. The van der Waals surface area contributed by atoms with E-state index in [1.54, 1.807) is 12.1 Å². The zero-order chi connectivity index (χ0) is 19.6. The van der Waals surface area contributed by atoms with Crippen LogP contribution in [0.3, 0.4) is 0 Å². The normalized spacial score (nSPS) is 11.7. The van der Waals surface area contributed by atoms with Gasteiger partial charge in [0.15, 0.2) is 0 Å². The molecule has 1 amide bonds. The Hall–Kier alpha value is -3.04. The number of nitrogens with zero attached hydrogens (tertiary/aromatic N) is 1. The van der Waals surface area contributed by atoms with Crippen LogP contribution in [0.15, 0.2) is 68.7 Å². The number of fused-ring (bicyclic) bond motifs is 1. The van der Waals surface area contributed by atoms with Crippen LogP contribution in [0.2, 0.25) is 0 Å². The molecule has 0 bridgehead atoms. The molecular formula is C18H15FN2O5S. The van der Waals surface area contributed by atoms with Crippen molar-refractivity contribution in [3.8, 4) is 0 Å². The van der Waals surface area contributed by atoms with Crippen LogP contribution in [0, 0.1) is 5.82 Å². The van der Waals surface area contributed by atoms with E-state index >= 15 is 0 Å². The Bertz CT molecular complexity index is 1160. The molecule has 0 atom stereocenters. The summed E-state index contributed by atoms with van der Waals surface area (Å²) in [4.78, 5) is 23.3. The molecule has 1 N–H and O–H groups in total. The zero-order valence-corrected chi connectivity index (χ0v) is 15.0. The van der Waals surface area contributed by atoms with Gasteiger partial charge < -0.3 is 9.73 Å². The van der Waals surface area contributed by atoms with Gasteiger partial charge in [-0.3, -0.25) is 4.79 Å². The summed E-state index contributed by atoms with van der Waals surface area (Å²) in [5, 5.41) is 3.20. The molecule has 3 aromatic rings. The van der Waals surface area contributed by atoms with Gasteiger partial charge in [0.05, 0.1) is 11.4 Å². The number of rotatable bonds is 5. The number of hydrogen-bond acceptors (Lipinski definition) is 5. The number of likely N-dealkylation sites (N-methyl/N-ethyl adjacent to an activating group) is 1. The third kappa shape index (κ3) is 4.21. The minimum absolute atomic E-state index is 0.111. The van der Waals surface area contributed by atoms with Gasteiger partial charge in [-0.25, -0.2) is 17.6 Å². The first-order chi connectivity index (χ1) is 12.8. The van der Waals surface area contributed by atoms with Gasteiger partial charge in [-0.05, 0) is 48.5 Å². The van der Waals surface area contributed by atoms with E-state index in [4.69, 9.17) is 4.42 Å². The van der Waals surface area contributed by atoms with Crippen LogP contribution in [0.1, 0.15) is 0 Å².